The number of rotatable bonds is 4. The van der Waals surface area contributed by atoms with Crippen LogP contribution in [0.3, 0.4) is 0 Å². The SMILES string of the molecule is N#Cc1cccc(OCc2ccc([N+](=O)[O-])o2)c1. The maximum atomic E-state index is 10.4. The summed E-state index contributed by atoms with van der Waals surface area (Å²) in [6.07, 6.45) is 0. The van der Waals surface area contributed by atoms with Crippen LogP contribution in [0, 0.1) is 21.4 Å². The summed E-state index contributed by atoms with van der Waals surface area (Å²) in [4.78, 5) is 9.80. The summed E-state index contributed by atoms with van der Waals surface area (Å²) < 4.78 is 10.3. The lowest BCUT2D eigenvalue weighted by molar-refractivity contribution is -0.402. The largest absolute Gasteiger partial charge is 0.486 e. The summed E-state index contributed by atoms with van der Waals surface area (Å²) in [5, 5.41) is 19.1. The van der Waals surface area contributed by atoms with Crippen molar-refractivity contribution in [1.82, 2.24) is 0 Å². The van der Waals surface area contributed by atoms with Crippen molar-refractivity contribution in [3.63, 3.8) is 0 Å². The molecule has 0 radical (unpaired) electrons. The van der Waals surface area contributed by atoms with Gasteiger partial charge in [-0.05, 0) is 24.3 Å². The Labute approximate surface area is 102 Å². The second kappa shape index (κ2) is 5.01. The van der Waals surface area contributed by atoms with E-state index in [9.17, 15) is 10.1 Å². The molecule has 1 heterocycles. The molecule has 2 rings (SSSR count). The highest BCUT2D eigenvalue weighted by atomic mass is 16.6. The minimum atomic E-state index is -0.611. The van der Waals surface area contributed by atoms with Crippen LogP contribution in [0.2, 0.25) is 0 Å². The van der Waals surface area contributed by atoms with Crippen molar-refractivity contribution in [2.45, 2.75) is 6.61 Å². The topological polar surface area (TPSA) is 89.3 Å². The molecule has 6 heteroatoms. The number of ether oxygens (including phenoxy) is 1. The molecule has 0 N–H and O–H groups in total. The maximum absolute atomic E-state index is 10.4. The highest BCUT2D eigenvalue weighted by Gasteiger charge is 2.11. The van der Waals surface area contributed by atoms with Crippen LogP contribution >= 0.6 is 0 Å². The van der Waals surface area contributed by atoms with Gasteiger partial charge in [0, 0.05) is 0 Å². The van der Waals surface area contributed by atoms with Crippen molar-refractivity contribution < 1.29 is 14.1 Å². The van der Waals surface area contributed by atoms with Gasteiger partial charge in [-0.3, -0.25) is 10.1 Å². The van der Waals surface area contributed by atoms with Gasteiger partial charge in [-0.25, -0.2) is 0 Å². The fraction of sp³-hybridized carbons (Fsp3) is 0.0833. The molecular weight excluding hydrogens is 236 g/mol. The summed E-state index contributed by atoms with van der Waals surface area (Å²) >= 11 is 0. The predicted octanol–water partition coefficient (Wildman–Crippen LogP) is 2.64. The van der Waals surface area contributed by atoms with Gasteiger partial charge in [0.05, 0.1) is 17.7 Å². The predicted molar refractivity (Wildman–Crippen MR) is 60.9 cm³/mol. The van der Waals surface area contributed by atoms with Crippen LogP contribution in [-0.4, -0.2) is 4.92 Å². The highest BCUT2D eigenvalue weighted by molar-refractivity contribution is 5.36. The zero-order valence-electron chi connectivity index (χ0n) is 9.20. The normalized spacial score (nSPS) is 9.72. The third-order valence-corrected chi connectivity index (χ3v) is 2.17. The first-order valence-corrected chi connectivity index (χ1v) is 5.05. The average Bonchev–Trinajstić information content (AvgIpc) is 2.85. The molecule has 0 bridgehead atoms. The monoisotopic (exact) mass is 244 g/mol. The van der Waals surface area contributed by atoms with E-state index in [4.69, 9.17) is 14.4 Å². The van der Waals surface area contributed by atoms with E-state index in [1.54, 1.807) is 24.3 Å². The summed E-state index contributed by atoms with van der Waals surface area (Å²) in [6.45, 7) is 0.0721. The molecular formula is C12H8N2O4. The summed E-state index contributed by atoms with van der Waals surface area (Å²) in [7, 11) is 0. The number of nitro groups is 1. The standard InChI is InChI=1S/C12H8N2O4/c13-7-9-2-1-3-10(6-9)17-8-11-4-5-12(18-11)14(15)16/h1-6H,8H2. The van der Waals surface area contributed by atoms with Crippen LogP contribution in [-0.2, 0) is 6.61 Å². The van der Waals surface area contributed by atoms with Crippen LogP contribution in [0.4, 0.5) is 5.88 Å². The van der Waals surface area contributed by atoms with Gasteiger partial charge in [0.15, 0.2) is 0 Å². The van der Waals surface area contributed by atoms with E-state index < -0.39 is 4.92 Å². The van der Waals surface area contributed by atoms with E-state index in [2.05, 4.69) is 0 Å². The Hall–Kier alpha value is -2.81. The fourth-order valence-electron chi connectivity index (χ4n) is 1.35. The lowest BCUT2D eigenvalue weighted by atomic mass is 10.2. The molecule has 1 aromatic heterocycles. The minimum absolute atomic E-state index is 0.0721. The molecule has 0 unspecified atom stereocenters. The molecule has 1 aromatic carbocycles. The quantitative estimate of drug-likeness (QED) is 0.609. The molecule has 0 saturated carbocycles. The van der Waals surface area contributed by atoms with Crippen LogP contribution in [0.5, 0.6) is 5.75 Å². The van der Waals surface area contributed by atoms with E-state index in [1.165, 1.54) is 12.1 Å². The average molecular weight is 244 g/mol. The third-order valence-electron chi connectivity index (χ3n) is 2.17. The van der Waals surface area contributed by atoms with Crippen molar-refractivity contribution in [3.05, 3.63) is 57.8 Å². The van der Waals surface area contributed by atoms with Crippen molar-refractivity contribution in [3.8, 4) is 11.8 Å². The van der Waals surface area contributed by atoms with E-state index in [0.29, 0.717) is 17.1 Å². The van der Waals surface area contributed by atoms with Gasteiger partial charge in [-0.1, -0.05) is 6.07 Å². The summed E-state index contributed by atoms with van der Waals surface area (Å²) in [5.74, 6) is 0.538. The van der Waals surface area contributed by atoms with Crippen LogP contribution < -0.4 is 4.74 Å². The fourth-order valence-corrected chi connectivity index (χ4v) is 1.35. The Kier molecular flexibility index (Phi) is 3.25. The van der Waals surface area contributed by atoms with Gasteiger partial charge < -0.3 is 9.15 Å². The summed E-state index contributed by atoms with van der Waals surface area (Å²) in [5.41, 5.74) is 0.484. The highest BCUT2D eigenvalue weighted by Crippen LogP contribution is 2.18. The molecule has 0 spiro atoms. The minimum Gasteiger partial charge on any atom is -0.486 e. The molecule has 0 amide bonds. The molecule has 0 saturated heterocycles. The Morgan fingerprint density at radius 1 is 1.39 bits per heavy atom. The van der Waals surface area contributed by atoms with Crippen molar-refractivity contribution in [2.75, 3.05) is 0 Å². The molecule has 0 atom stereocenters. The van der Waals surface area contributed by atoms with Gasteiger partial charge in [-0.15, -0.1) is 0 Å². The first-order chi connectivity index (χ1) is 8.69. The van der Waals surface area contributed by atoms with Crippen molar-refractivity contribution >= 4 is 5.88 Å². The molecule has 2 aromatic rings. The van der Waals surface area contributed by atoms with Gasteiger partial charge in [-0.2, -0.15) is 5.26 Å². The van der Waals surface area contributed by atoms with Crippen molar-refractivity contribution in [2.24, 2.45) is 0 Å². The Balaban J connectivity index is 2.02. The number of nitrogens with zero attached hydrogens (tertiary/aromatic N) is 2. The molecule has 6 nitrogen and oxygen atoms in total. The lowest BCUT2D eigenvalue weighted by Crippen LogP contribution is -1.94. The molecule has 18 heavy (non-hydrogen) atoms. The Bertz CT molecular complexity index is 613. The van der Waals surface area contributed by atoms with E-state index in [-0.39, 0.29) is 12.5 Å². The van der Waals surface area contributed by atoms with Gasteiger partial charge in [0.25, 0.3) is 0 Å². The summed E-state index contributed by atoms with van der Waals surface area (Å²) in [6, 6.07) is 11.4. The lowest BCUT2D eigenvalue weighted by Gasteiger charge is -2.03. The number of hydrogen-bond donors (Lipinski definition) is 0. The molecule has 0 aliphatic carbocycles. The third kappa shape index (κ3) is 2.65. The van der Waals surface area contributed by atoms with Crippen LogP contribution in [0.15, 0.2) is 40.8 Å². The maximum Gasteiger partial charge on any atom is 0.433 e. The number of hydrogen-bond acceptors (Lipinski definition) is 5. The first kappa shape index (κ1) is 11.7. The van der Waals surface area contributed by atoms with Gasteiger partial charge in [0.2, 0.25) is 0 Å². The van der Waals surface area contributed by atoms with Gasteiger partial charge in [0.1, 0.15) is 23.0 Å². The van der Waals surface area contributed by atoms with Crippen LogP contribution in [0.25, 0.3) is 0 Å². The van der Waals surface area contributed by atoms with E-state index >= 15 is 0 Å². The number of furan rings is 1. The van der Waals surface area contributed by atoms with E-state index in [0.717, 1.165) is 0 Å². The smallest absolute Gasteiger partial charge is 0.433 e. The number of benzene rings is 1. The zero-order chi connectivity index (χ0) is 13.0. The van der Waals surface area contributed by atoms with E-state index in [1.807, 2.05) is 6.07 Å². The molecule has 0 aliphatic rings. The molecule has 0 fully saturated rings. The van der Waals surface area contributed by atoms with Gasteiger partial charge >= 0.3 is 5.88 Å². The second-order valence-electron chi connectivity index (χ2n) is 3.43. The Morgan fingerprint density at radius 2 is 2.22 bits per heavy atom. The van der Waals surface area contributed by atoms with Crippen molar-refractivity contribution in [1.29, 1.82) is 5.26 Å². The second-order valence-corrected chi connectivity index (χ2v) is 3.43. The van der Waals surface area contributed by atoms with Crippen LogP contribution in [0.1, 0.15) is 11.3 Å². The first-order valence-electron chi connectivity index (χ1n) is 5.05. The zero-order valence-corrected chi connectivity index (χ0v) is 9.20. The Morgan fingerprint density at radius 3 is 2.89 bits per heavy atom. The molecule has 0 aliphatic heterocycles. The number of nitriles is 1. The molecule has 90 valence electrons.